The van der Waals surface area contributed by atoms with Gasteiger partial charge in [0.1, 0.15) is 5.75 Å². The van der Waals surface area contributed by atoms with Gasteiger partial charge < -0.3 is 10.1 Å². The van der Waals surface area contributed by atoms with E-state index < -0.39 is 0 Å². The van der Waals surface area contributed by atoms with Crippen molar-refractivity contribution >= 4 is 5.69 Å². The summed E-state index contributed by atoms with van der Waals surface area (Å²) >= 11 is 0. The van der Waals surface area contributed by atoms with Crippen LogP contribution in [0.4, 0.5) is 5.69 Å². The molecular formula is C17H21NO. The van der Waals surface area contributed by atoms with E-state index in [1.807, 2.05) is 19.1 Å². The molecule has 2 rings (SSSR count). The quantitative estimate of drug-likeness (QED) is 0.831. The van der Waals surface area contributed by atoms with Gasteiger partial charge in [0, 0.05) is 12.2 Å². The van der Waals surface area contributed by atoms with Crippen molar-refractivity contribution in [3.8, 4) is 5.75 Å². The van der Waals surface area contributed by atoms with Crippen LogP contribution >= 0.6 is 0 Å². The molecule has 0 amide bonds. The first-order valence-electron chi connectivity index (χ1n) is 6.81. The molecule has 0 aliphatic rings. The highest BCUT2D eigenvalue weighted by molar-refractivity contribution is 5.46. The summed E-state index contributed by atoms with van der Waals surface area (Å²) in [4.78, 5) is 0. The molecule has 0 aliphatic heterocycles. The fourth-order valence-electron chi connectivity index (χ4n) is 2.01. The van der Waals surface area contributed by atoms with E-state index in [0.717, 1.165) is 18.0 Å². The lowest BCUT2D eigenvalue weighted by Gasteiger charge is -2.14. The topological polar surface area (TPSA) is 21.3 Å². The zero-order valence-electron chi connectivity index (χ0n) is 11.6. The minimum atomic E-state index is 0.493. The predicted molar refractivity (Wildman–Crippen MR) is 81.0 cm³/mol. The molecule has 2 aromatic rings. The zero-order chi connectivity index (χ0) is 13.5. The van der Waals surface area contributed by atoms with Crippen molar-refractivity contribution in [3.63, 3.8) is 0 Å². The Kier molecular flexibility index (Phi) is 4.85. The third-order valence-corrected chi connectivity index (χ3v) is 3.15. The van der Waals surface area contributed by atoms with Crippen molar-refractivity contribution in [3.05, 3.63) is 60.2 Å². The van der Waals surface area contributed by atoms with Gasteiger partial charge in [0.25, 0.3) is 0 Å². The second-order valence-electron chi connectivity index (χ2n) is 4.65. The Morgan fingerprint density at radius 2 is 1.68 bits per heavy atom. The second-order valence-corrected chi connectivity index (χ2v) is 4.65. The van der Waals surface area contributed by atoms with Crippen molar-refractivity contribution < 1.29 is 4.74 Å². The highest BCUT2D eigenvalue weighted by Crippen LogP contribution is 2.18. The Morgan fingerprint density at radius 1 is 1.00 bits per heavy atom. The molecule has 0 aromatic heterocycles. The van der Waals surface area contributed by atoms with Crippen molar-refractivity contribution in [2.24, 2.45) is 0 Å². The molecule has 0 spiro atoms. The molecule has 19 heavy (non-hydrogen) atoms. The maximum absolute atomic E-state index is 5.43. The van der Waals surface area contributed by atoms with Crippen LogP contribution in [0.5, 0.6) is 5.75 Å². The normalized spacial score (nSPS) is 11.9. The molecule has 1 atom stereocenters. The summed E-state index contributed by atoms with van der Waals surface area (Å²) in [5.41, 5.74) is 2.49. The molecule has 2 heteroatoms. The molecule has 2 aromatic carbocycles. The third kappa shape index (κ3) is 4.02. The predicted octanol–water partition coefficient (Wildman–Crippen LogP) is 4.30. The lowest BCUT2D eigenvalue weighted by molar-refractivity contribution is 0.340. The molecule has 0 saturated heterocycles. The van der Waals surface area contributed by atoms with Gasteiger partial charge in [-0.15, -0.1) is 0 Å². The van der Waals surface area contributed by atoms with Gasteiger partial charge in [0.2, 0.25) is 0 Å². The summed E-state index contributed by atoms with van der Waals surface area (Å²) in [5, 5.41) is 3.46. The van der Waals surface area contributed by atoms with Gasteiger partial charge in [0.05, 0.1) is 6.61 Å². The number of hydrogen-bond donors (Lipinski definition) is 1. The van der Waals surface area contributed by atoms with Crippen LogP contribution in [0.15, 0.2) is 54.6 Å². The van der Waals surface area contributed by atoms with Gasteiger partial charge in [-0.2, -0.15) is 0 Å². The lowest BCUT2D eigenvalue weighted by Crippen LogP contribution is -2.09. The molecule has 0 saturated carbocycles. The monoisotopic (exact) mass is 255 g/mol. The van der Waals surface area contributed by atoms with Crippen LogP contribution in [0.1, 0.15) is 25.3 Å². The molecule has 100 valence electrons. The molecule has 0 bridgehead atoms. The van der Waals surface area contributed by atoms with Crippen LogP contribution in [0.25, 0.3) is 0 Å². The summed E-state index contributed by atoms with van der Waals surface area (Å²) in [5.74, 6) is 1.41. The van der Waals surface area contributed by atoms with Crippen LogP contribution in [0, 0.1) is 0 Å². The molecule has 1 N–H and O–H groups in total. The van der Waals surface area contributed by atoms with E-state index in [-0.39, 0.29) is 0 Å². The Morgan fingerprint density at radius 3 is 2.32 bits per heavy atom. The molecule has 0 heterocycles. The average Bonchev–Trinajstić information content (AvgIpc) is 2.47. The lowest BCUT2D eigenvalue weighted by atomic mass is 10.0. The number of anilines is 1. The summed E-state index contributed by atoms with van der Waals surface area (Å²) in [6.07, 6.45) is 0. The molecule has 0 aliphatic carbocycles. The van der Waals surface area contributed by atoms with Gasteiger partial charge >= 0.3 is 0 Å². The zero-order valence-corrected chi connectivity index (χ0v) is 11.6. The first kappa shape index (κ1) is 13.5. The summed E-state index contributed by atoms with van der Waals surface area (Å²) in [7, 11) is 0. The maximum atomic E-state index is 5.43. The van der Waals surface area contributed by atoms with E-state index in [1.54, 1.807) is 0 Å². The Balaban J connectivity index is 1.88. The van der Waals surface area contributed by atoms with Crippen LogP contribution in [-0.4, -0.2) is 13.2 Å². The third-order valence-electron chi connectivity index (χ3n) is 3.15. The van der Waals surface area contributed by atoms with E-state index in [9.17, 15) is 0 Å². The van der Waals surface area contributed by atoms with Crippen molar-refractivity contribution in [2.75, 3.05) is 18.5 Å². The Bertz CT molecular complexity index is 478. The fourth-order valence-corrected chi connectivity index (χ4v) is 2.01. The number of rotatable bonds is 6. The summed E-state index contributed by atoms with van der Waals surface area (Å²) < 4.78 is 5.43. The SMILES string of the molecule is CCOc1ccc(NCC(C)c2ccccc2)cc1. The van der Waals surface area contributed by atoms with Crippen LogP contribution in [0.2, 0.25) is 0 Å². The van der Waals surface area contributed by atoms with Gasteiger partial charge in [-0.3, -0.25) is 0 Å². The first-order chi connectivity index (χ1) is 9.29. The van der Waals surface area contributed by atoms with E-state index >= 15 is 0 Å². The highest BCUT2D eigenvalue weighted by atomic mass is 16.5. The minimum absolute atomic E-state index is 0.493. The fraction of sp³-hybridized carbons (Fsp3) is 0.294. The molecule has 0 radical (unpaired) electrons. The minimum Gasteiger partial charge on any atom is -0.494 e. The van der Waals surface area contributed by atoms with Gasteiger partial charge in [-0.25, -0.2) is 0 Å². The second kappa shape index (κ2) is 6.83. The van der Waals surface area contributed by atoms with E-state index in [4.69, 9.17) is 4.74 Å². The van der Waals surface area contributed by atoms with Gasteiger partial charge in [-0.05, 0) is 42.7 Å². The number of hydrogen-bond acceptors (Lipinski definition) is 2. The molecule has 1 unspecified atom stereocenters. The van der Waals surface area contributed by atoms with E-state index in [2.05, 4.69) is 54.7 Å². The van der Waals surface area contributed by atoms with Crippen LogP contribution in [0.3, 0.4) is 0 Å². The van der Waals surface area contributed by atoms with Crippen molar-refractivity contribution in [2.45, 2.75) is 19.8 Å². The Labute approximate surface area is 115 Å². The van der Waals surface area contributed by atoms with Crippen molar-refractivity contribution in [1.29, 1.82) is 0 Å². The number of benzene rings is 2. The standard InChI is InChI=1S/C17H21NO/c1-3-19-17-11-9-16(10-12-17)18-13-14(2)15-7-5-4-6-8-15/h4-12,14,18H,3,13H2,1-2H3. The highest BCUT2D eigenvalue weighted by Gasteiger charge is 2.04. The molecular weight excluding hydrogens is 234 g/mol. The summed E-state index contributed by atoms with van der Waals surface area (Å²) in [6, 6.07) is 18.7. The number of ether oxygens (including phenoxy) is 1. The van der Waals surface area contributed by atoms with E-state index in [0.29, 0.717) is 12.5 Å². The molecule has 0 fully saturated rings. The first-order valence-corrected chi connectivity index (χ1v) is 6.81. The Hall–Kier alpha value is -1.96. The maximum Gasteiger partial charge on any atom is 0.119 e. The van der Waals surface area contributed by atoms with Gasteiger partial charge in [0.15, 0.2) is 0 Å². The summed E-state index contributed by atoms with van der Waals surface area (Å²) in [6.45, 7) is 5.86. The van der Waals surface area contributed by atoms with E-state index in [1.165, 1.54) is 5.56 Å². The van der Waals surface area contributed by atoms with Crippen molar-refractivity contribution in [1.82, 2.24) is 0 Å². The van der Waals surface area contributed by atoms with Crippen LogP contribution < -0.4 is 10.1 Å². The smallest absolute Gasteiger partial charge is 0.119 e. The molecule has 2 nitrogen and oxygen atoms in total. The van der Waals surface area contributed by atoms with Gasteiger partial charge in [-0.1, -0.05) is 37.3 Å². The average molecular weight is 255 g/mol. The largest absolute Gasteiger partial charge is 0.494 e. The number of nitrogens with one attached hydrogen (secondary N) is 1. The van der Waals surface area contributed by atoms with Crippen LogP contribution in [-0.2, 0) is 0 Å².